The van der Waals surface area contributed by atoms with Crippen molar-refractivity contribution in [3.8, 4) is 0 Å². The Balaban J connectivity index is 4.93. The van der Waals surface area contributed by atoms with Crippen LogP contribution in [0.25, 0.3) is 0 Å². The molecule has 0 fully saturated rings. The van der Waals surface area contributed by atoms with E-state index in [9.17, 15) is 4.79 Å². The van der Waals surface area contributed by atoms with Crippen LogP contribution in [0.1, 0.15) is 47.0 Å². The van der Waals surface area contributed by atoms with Crippen molar-refractivity contribution in [3.05, 3.63) is 12.2 Å². The van der Waals surface area contributed by atoms with Gasteiger partial charge in [-0.1, -0.05) is 0 Å². The number of halogens is 1. The molecule has 0 bridgehead atoms. The van der Waals surface area contributed by atoms with Gasteiger partial charge in [-0.2, -0.15) is 0 Å². The molecule has 2 nitrogen and oxygen atoms in total. The third kappa shape index (κ3) is 5.28. The fourth-order valence-electron chi connectivity index (χ4n) is 2.55. The van der Waals surface area contributed by atoms with Crippen molar-refractivity contribution < 1.29 is 9.53 Å². The number of carbonyl (C=O) groups excluding carboxylic acids is 1. The summed E-state index contributed by atoms with van der Waals surface area (Å²) >= 11 is 7.07. The minimum atomic E-state index is -2.40. The second-order valence-corrected chi connectivity index (χ2v) is 13.4. The van der Waals surface area contributed by atoms with E-state index >= 15 is 0 Å². The van der Waals surface area contributed by atoms with Crippen LogP contribution in [0.2, 0.25) is 0 Å². The second kappa shape index (κ2) is 7.50. The third-order valence-electron chi connectivity index (χ3n) is 3.21. The van der Waals surface area contributed by atoms with Crippen molar-refractivity contribution in [2.24, 2.45) is 0 Å². The van der Waals surface area contributed by atoms with E-state index in [4.69, 9.17) is 16.0 Å². The second-order valence-electron chi connectivity index (χ2n) is 5.33. The minimum absolute atomic E-state index is 0.312. The Morgan fingerprint density at radius 1 is 1.11 bits per heavy atom. The van der Waals surface area contributed by atoms with Gasteiger partial charge in [0.2, 0.25) is 0 Å². The van der Waals surface area contributed by atoms with Crippen LogP contribution in [-0.2, 0) is 9.53 Å². The normalized spacial score (nSPS) is 13.7. The molecule has 4 heteroatoms. The summed E-state index contributed by atoms with van der Waals surface area (Å²) in [7, 11) is 0. The summed E-state index contributed by atoms with van der Waals surface area (Å²) in [6, 6.07) is 0. The third-order valence-corrected chi connectivity index (χ3v) is 10.5. The summed E-state index contributed by atoms with van der Waals surface area (Å²) in [4.78, 5) is 11.6. The average Bonchev–Trinajstić information content (AvgIpc) is 2.27. The number of hydrogen-bond donors (Lipinski definition) is 0. The first kappa shape index (κ1) is 17.9. The Morgan fingerprint density at radius 2 is 1.50 bits per heavy atom. The van der Waals surface area contributed by atoms with E-state index in [1.165, 1.54) is 0 Å². The van der Waals surface area contributed by atoms with Crippen LogP contribution >= 0.6 is 17.2 Å². The molecule has 108 valence electrons. The van der Waals surface area contributed by atoms with E-state index in [2.05, 4.69) is 27.4 Å². The first-order valence-electron chi connectivity index (χ1n) is 6.86. The summed E-state index contributed by atoms with van der Waals surface area (Å²) < 4.78 is 5.42. The molecular weight excluding hydrogens is 267 g/mol. The zero-order valence-electron chi connectivity index (χ0n) is 12.3. The summed E-state index contributed by atoms with van der Waals surface area (Å²) in [6.45, 7) is 11.7. The van der Waals surface area contributed by atoms with Crippen LogP contribution in [0.3, 0.4) is 0 Å². The Hall–Kier alpha value is -0.0700. The molecule has 0 amide bonds. The first-order chi connectivity index (χ1) is 8.31. The van der Waals surface area contributed by atoms with Gasteiger partial charge < -0.3 is 0 Å². The Kier molecular flexibility index (Phi) is 7.47. The van der Waals surface area contributed by atoms with Gasteiger partial charge in [0.25, 0.3) is 0 Å². The molecule has 0 aromatic carbocycles. The zero-order valence-corrected chi connectivity index (χ0v) is 13.9. The predicted octanol–water partition coefficient (Wildman–Crippen LogP) is 5.00. The monoisotopic (exact) mass is 294 g/mol. The molecule has 0 heterocycles. The molecular formula is C14H28ClO2P. The first-order valence-corrected chi connectivity index (χ1v) is 10.7. The van der Waals surface area contributed by atoms with Crippen molar-refractivity contribution in [1.82, 2.24) is 0 Å². The molecule has 18 heavy (non-hydrogen) atoms. The van der Waals surface area contributed by atoms with E-state index in [0.717, 1.165) is 37.7 Å². The van der Waals surface area contributed by atoms with Crippen LogP contribution in [0.4, 0.5) is 0 Å². The molecule has 0 aromatic heterocycles. The Labute approximate surface area is 117 Å². The van der Waals surface area contributed by atoms with Crippen molar-refractivity contribution in [1.29, 1.82) is 0 Å². The van der Waals surface area contributed by atoms with E-state index in [0.29, 0.717) is 11.9 Å². The van der Waals surface area contributed by atoms with E-state index in [1.807, 2.05) is 0 Å². The molecule has 0 aliphatic carbocycles. The SMILES string of the molecule is C=C(C)C(=O)OCP(Cl)(CCC)(CCC)CCC. The molecule has 0 aromatic rings. The Bertz CT molecular complexity index is 282. The van der Waals surface area contributed by atoms with Gasteiger partial charge in [0, 0.05) is 0 Å². The van der Waals surface area contributed by atoms with Gasteiger partial charge in [-0.05, 0) is 0 Å². The van der Waals surface area contributed by atoms with E-state index in [-0.39, 0.29) is 5.97 Å². The molecule has 0 unspecified atom stereocenters. The molecule has 0 N–H and O–H groups in total. The topological polar surface area (TPSA) is 26.3 Å². The number of esters is 1. The van der Waals surface area contributed by atoms with Gasteiger partial charge in [0.15, 0.2) is 0 Å². The predicted molar refractivity (Wildman–Crippen MR) is 84.0 cm³/mol. The molecule has 0 atom stereocenters. The van der Waals surface area contributed by atoms with Crippen LogP contribution in [0.15, 0.2) is 12.2 Å². The molecule has 0 saturated carbocycles. The fourth-order valence-corrected chi connectivity index (χ4v) is 9.07. The fraction of sp³-hybridized carbons (Fsp3) is 0.786. The van der Waals surface area contributed by atoms with Gasteiger partial charge in [0.1, 0.15) is 0 Å². The van der Waals surface area contributed by atoms with Crippen molar-refractivity contribution in [2.75, 3.05) is 24.8 Å². The Morgan fingerprint density at radius 3 is 1.78 bits per heavy atom. The standard InChI is InChI=1S/C14H28ClO2P/c1-6-9-18(15,10-7-2,11-8-3)12-17-14(16)13(4)5/h4,6-12H2,1-3,5H3. The summed E-state index contributed by atoms with van der Waals surface area (Å²) in [5, 5.41) is 0. The maximum absolute atomic E-state index is 11.6. The van der Waals surface area contributed by atoms with Crippen LogP contribution in [-0.4, -0.2) is 30.8 Å². The van der Waals surface area contributed by atoms with Gasteiger partial charge in [-0.3, -0.25) is 0 Å². The molecule has 0 rings (SSSR count). The molecule has 0 saturated heterocycles. The number of rotatable bonds is 9. The summed E-state index contributed by atoms with van der Waals surface area (Å²) in [5.41, 5.74) is 0.446. The molecule has 0 aliphatic heterocycles. The average molecular weight is 295 g/mol. The molecule has 0 aliphatic rings. The number of carbonyl (C=O) groups is 1. The summed E-state index contributed by atoms with van der Waals surface area (Å²) in [5.74, 6) is -2.71. The molecule has 0 radical (unpaired) electrons. The van der Waals surface area contributed by atoms with Gasteiger partial charge in [-0.25, -0.2) is 0 Å². The van der Waals surface area contributed by atoms with Gasteiger partial charge >= 0.3 is 117 Å². The van der Waals surface area contributed by atoms with Crippen LogP contribution in [0, 0.1) is 0 Å². The zero-order chi connectivity index (χ0) is 14.3. The quantitative estimate of drug-likeness (QED) is 0.340. The maximum atomic E-state index is 11.6. The van der Waals surface area contributed by atoms with Crippen LogP contribution in [0.5, 0.6) is 0 Å². The van der Waals surface area contributed by atoms with E-state index in [1.54, 1.807) is 6.92 Å². The van der Waals surface area contributed by atoms with Crippen molar-refractivity contribution >= 4 is 23.2 Å². The van der Waals surface area contributed by atoms with E-state index < -0.39 is 5.96 Å². The molecule has 0 spiro atoms. The summed E-state index contributed by atoms with van der Waals surface area (Å²) in [6.07, 6.45) is 6.55. The number of hydrogen-bond acceptors (Lipinski definition) is 2. The van der Waals surface area contributed by atoms with Gasteiger partial charge in [0.05, 0.1) is 0 Å². The van der Waals surface area contributed by atoms with Crippen LogP contribution < -0.4 is 0 Å². The van der Waals surface area contributed by atoms with Crippen molar-refractivity contribution in [3.63, 3.8) is 0 Å². The van der Waals surface area contributed by atoms with Gasteiger partial charge in [-0.15, -0.1) is 0 Å². The number of ether oxygens (including phenoxy) is 1. The van der Waals surface area contributed by atoms with Crippen molar-refractivity contribution in [2.45, 2.75) is 47.0 Å².